The topological polar surface area (TPSA) is 69.0 Å². The maximum Gasteiger partial charge on any atom is 0.242 e. The van der Waals surface area contributed by atoms with Crippen molar-refractivity contribution >= 4 is 17.2 Å². The Morgan fingerprint density at radius 1 is 1.30 bits per heavy atom. The zero-order valence-electron chi connectivity index (χ0n) is 14.4. The number of aryl methyl sites for hydroxylation is 2. The normalized spacial score (nSPS) is 11.0. The van der Waals surface area contributed by atoms with Gasteiger partial charge in [-0.3, -0.25) is 9.48 Å². The zero-order valence-corrected chi connectivity index (χ0v) is 15.2. The van der Waals surface area contributed by atoms with Crippen LogP contribution in [0.5, 0.6) is 0 Å². The second kappa shape index (κ2) is 7.70. The van der Waals surface area contributed by atoms with Crippen LogP contribution < -0.4 is 5.32 Å². The number of ether oxygens (including phenoxy) is 1. The molecule has 126 valence electrons. The molecule has 0 radical (unpaired) electrons. The molecule has 1 N–H and O–H groups in total. The molecule has 0 saturated carbocycles. The summed E-state index contributed by atoms with van der Waals surface area (Å²) < 4.78 is 6.86. The minimum atomic E-state index is -0.0423. The molecule has 2 aromatic rings. The predicted octanol–water partition coefficient (Wildman–Crippen LogP) is 2.29. The highest BCUT2D eigenvalue weighted by Crippen LogP contribution is 2.18. The SMILES string of the molecule is CCc1c(C)nn(CC(=O)NCc2sc(COC)nc2C)c1C. The minimum absolute atomic E-state index is 0.0423. The van der Waals surface area contributed by atoms with Crippen LogP contribution in [0.2, 0.25) is 0 Å². The van der Waals surface area contributed by atoms with Crippen molar-refractivity contribution in [3.8, 4) is 0 Å². The standard InChI is InChI=1S/C16H24N4O2S/c1-6-13-10(2)19-20(12(13)4)8-15(21)17-7-14-11(3)18-16(23-14)9-22-5/h6-9H2,1-5H3,(H,17,21). The van der Waals surface area contributed by atoms with Crippen molar-refractivity contribution < 1.29 is 9.53 Å². The first-order valence-electron chi connectivity index (χ1n) is 7.69. The molecule has 2 rings (SSSR count). The van der Waals surface area contributed by atoms with Crippen molar-refractivity contribution in [1.82, 2.24) is 20.1 Å². The van der Waals surface area contributed by atoms with Gasteiger partial charge in [-0.05, 0) is 32.8 Å². The van der Waals surface area contributed by atoms with E-state index in [4.69, 9.17) is 4.74 Å². The van der Waals surface area contributed by atoms with Gasteiger partial charge in [-0.2, -0.15) is 5.10 Å². The number of carbonyl (C=O) groups excluding carboxylic acids is 1. The van der Waals surface area contributed by atoms with Crippen molar-refractivity contribution in [1.29, 1.82) is 0 Å². The predicted molar refractivity (Wildman–Crippen MR) is 90.5 cm³/mol. The van der Waals surface area contributed by atoms with E-state index >= 15 is 0 Å². The number of hydrogen-bond donors (Lipinski definition) is 1. The van der Waals surface area contributed by atoms with Crippen LogP contribution in [0.4, 0.5) is 0 Å². The monoisotopic (exact) mass is 336 g/mol. The number of methoxy groups -OCH3 is 1. The maximum atomic E-state index is 12.2. The Bertz CT molecular complexity index is 691. The first-order chi connectivity index (χ1) is 11.0. The molecule has 0 aliphatic carbocycles. The van der Waals surface area contributed by atoms with E-state index in [1.807, 2.05) is 20.8 Å². The molecule has 0 saturated heterocycles. The van der Waals surface area contributed by atoms with Gasteiger partial charge >= 0.3 is 0 Å². The Kier molecular flexibility index (Phi) is 5.90. The lowest BCUT2D eigenvalue weighted by atomic mass is 10.1. The fourth-order valence-corrected chi connectivity index (χ4v) is 3.59. The van der Waals surface area contributed by atoms with Crippen LogP contribution in [0.15, 0.2) is 0 Å². The maximum absolute atomic E-state index is 12.2. The van der Waals surface area contributed by atoms with Crippen LogP contribution in [0.3, 0.4) is 0 Å². The van der Waals surface area contributed by atoms with E-state index in [2.05, 4.69) is 22.3 Å². The molecule has 2 heterocycles. The number of thiazole rings is 1. The van der Waals surface area contributed by atoms with E-state index in [1.165, 1.54) is 5.56 Å². The second-order valence-corrected chi connectivity index (χ2v) is 6.65. The minimum Gasteiger partial charge on any atom is -0.378 e. The van der Waals surface area contributed by atoms with Gasteiger partial charge in [-0.15, -0.1) is 11.3 Å². The first-order valence-corrected chi connectivity index (χ1v) is 8.51. The smallest absolute Gasteiger partial charge is 0.242 e. The molecule has 2 aromatic heterocycles. The quantitative estimate of drug-likeness (QED) is 0.842. The van der Waals surface area contributed by atoms with Crippen molar-refractivity contribution in [2.45, 2.75) is 53.8 Å². The third kappa shape index (κ3) is 4.17. The zero-order chi connectivity index (χ0) is 17.0. The number of nitrogens with one attached hydrogen (secondary N) is 1. The molecule has 0 atom stereocenters. The van der Waals surface area contributed by atoms with Gasteiger partial charge in [0.15, 0.2) is 0 Å². The molecular weight excluding hydrogens is 312 g/mol. The molecule has 0 unspecified atom stereocenters. The number of hydrogen-bond acceptors (Lipinski definition) is 5. The van der Waals surface area contributed by atoms with Gasteiger partial charge in [0.25, 0.3) is 0 Å². The fraction of sp³-hybridized carbons (Fsp3) is 0.562. The van der Waals surface area contributed by atoms with Crippen molar-refractivity contribution in [3.63, 3.8) is 0 Å². The summed E-state index contributed by atoms with van der Waals surface area (Å²) in [5, 5.41) is 8.33. The summed E-state index contributed by atoms with van der Waals surface area (Å²) in [5.74, 6) is -0.0423. The molecule has 0 aliphatic rings. The van der Waals surface area contributed by atoms with Crippen LogP contribution >= 0.6 is 11.3 Å². The lowest BCUT2D eigenvalue weighted by molar-refractivity contribution is -0.122. The molecule has 1 amide bonds. The molecule has 0 spiro atoms. The molecule has 23 heavy (non-hydrogen) atoms. The molecule has 6 nitrogen and oxygen atoms in total. The molecular formula is C16H24N4O2S. The van der Waals surface area contributed by atoms with Crippen molar-refractivity contribution in [2.75, 3.05) is 7.11 Å². The molecule has 0 aliphatic heterocycles. The lowest BCUT2D eigenvalue weighted by Gasteiger charge is -2.06. The number of carbonyl (C=O) groups is 1. The number of aromatic nitrogens is 3. The third-order valence-corrected chi connectivity index (χ3v) is 4.96. The van der Waals surface area contributed by atoms with Gasteiger partial charge in [0.1, 0.15) is 11.6 Å². The van der Waals surface area contributed by atoms with Gasteiger partial charge in [0.05, 0.1) is 24.5 Å². The summed E-state index contributed by atoms with van der Waals surface area (Å²) in [6.45, 7) is 9.29. The van der Waals surface area contributed by atoms with Crippen molar-refractivity contribution in [2.24, 2.45) is 0 Å². The van der Waals surface area contributed by atoms with Gasteiger partial charge < -0.3 is 10.1 Å². The van der Waals surface area contributed by atoms with Gasteiger partial charge in [0.2, 0.25) is 5.91 Å². The van der Waals surface area contributed by atoms with Gasteiger partial charge in [0, 0.05) is 17.7 Å². The molecule has 7 heteroatoms. The highest BCUT2D eigenvalue weighted by atomic mass is 32.1. The number of amides is 1. The fourth-order valence-electron chi connectivity index (χ4n) is 2.61. The Morgan fingerprint density at radius 2 is 2.04 bits per heavy atom. The van der Waals surface area contributed by atoms with Gasteiger partial charge in [-0.25, -0.2) is 4.98 Å². The van der Waals surface area contributed by atoms with E-state index in [-0.39, 0.29) is 12.5 Å². The third-order valence-electron chi connectivity index (χ3n) is 3.83. The van der Waals surface area contributed by atoms with Crippen LogP contribution in [0.1, 0.15) is 39.5 Å². The Morgan fingerprint density at radius 3 is 2.65 bits per heavy atom. The average Bonchev–Trinajstić information content (AvgIpc) is 2.97. The highest BCUT2D eigenvalue weighted by Gasteiger charge is 2.13. The summed E-state index contributed by atoms with van der Waals surface area (Å²) in [7, 11) is 1.65. The number of rotatable bonds is 7. The Labute approximate surface area is 140 Å². The van der Waals surface area contributed by atoms with Crippen LogP contribution in [-0.2, 0) is 35.6 Å². The summed E-state index contributed by atoms with van der Waals surface area (Å²) in [6, 6.07) is 0. The average molecular weight is 336 g/mol. The summed E-state index contributed by atoms with van der Waals surface area (Å²) in [6.07, 6.45) is 0.932. The second-order valence-electron chi connectivity index (χ2n) is 5.49. The number of nitrogens with zero attached hydrogens (tertiary/aromatic N) is 3. The van der Waals surface area contributed by atoms with Crippen LogP contribution in [0, 0.1) is 20.8 Å². The van der Waals surface area contributed by atoms with Gasteiger partial charge in [-0.1, -0.05) is 6.92 Å². The largest absolute Gasteiger partial charge is 0.378 e. The lowest BCUT2D eigenvalue weighted by Crippen LogP contribution is -2.28. The summed E-state index contributed by atoms with van der Waals surface area (Å²) >= 11 is 1.57. The van der Waals surface area contributed by atoms with Crippen molar-refractivity contribution in [3.05, 3.63) is 32.5 Å². The highest BCUT2D eigenvalue weighted by molar-refractivity contribution is 7.11. The van der Waals surface area contributed by atoms with E-state index < -0.39 is 0 Å². The molecule has 0 fully saturated rings. The molecule has 0 bridgehead atoms. The Balaban J connectivity index is 1.95. The summed E-state index contributed by atoms with van der Waals surface area (Å²) in [4.78, 5) is 17.7. The van der Waals surface area contributed by atoms with E-state index in [9.17, 15) is 4.79 Å². The van der Waals surface area contributed by atoms with E-state index in [1.54, 1.807) is 23.1 Å². The Hall–Kier alpha value is -1.73. The molecule has 0 aromatic carbocycles. The first kappa shape index (κ1) is 17.6. The summed E-state index contributed by atoms with van der Waals surface area (Å²) in [5.41, 5.74) is 4.24. The van der Waals surface area contributed by atoms with Crippen LogP contribution in [-0.4, -0.2) is 27.8 Å². The van der Waals surface area contributed by atoms with Crippen LogP contribution in [0.25, 0.3) is 0 Å². The van der Waals surface area contributed by atoms with E-state index in [0.29, 0.717) is 13.2 Å². The van der Waals surface area contributed by atoms with E-state index in [0.717, 1.165) is 33.4 Å².